The zero-order chi connectivity index (χ0) is 6.85. The maximum absolute atomic E-state index is 8.91. The molecule has 1 unspecified atom stereocenters. The third-order valence-corrected chi connectivity index (χ3v) is 1.24. The lowest BCUT2D eigenvalue weighted by Crippen LogP contribution is -2.17. The van der Waals surface area contributed by atoms with Gasteiger partial charge in [-0.3, -0.25) is 0 Å². The predicted octanol–water partition coefficient (Wildman–Crippen LogP) is 0.0355. The highest BCUT2D eigenvalue weighted by Crippen LogP contribution is 2.12. The predicted molar refractivity (Wildman–Crippen MR) is 33.6 cm³/mol. The minimum absolute atomic E-state index is 0.01000. The van der Waals surface area contributed by atoms with Crippen molar-refractivity contribution in [1.29, 1.82) is 0 Å². The van der Waals surface area contributed by atoms with E-state index in [0.717, 1.165) is 0 Å². The molecule has 1 aliphatic carbocycles. The minimum Gasteiger partial charge on any atom is -0.510 e. The zero-order valence-electron chi connectivity index (χ0n) is 4.91. The summed E-state index contributed by atoms with van der Waals surface area (Å²) in [5.41, 5.74) is 5.93. The molecule has 0 aliphatic heterocycles. The molecule has 1 rings (SSSR count). The quantitative estimate of drug-likeness (QED) is 0.430. The SMILES string of the molecule is NC1=CC=C(O)C(O)C1. The highest BCUT2D eigenvalue weighted by molar-refractivity contribution is 5.21. The lowest BCUT2D eigenvalue weighted by Gasteiger charge is -2.12. The number of allylic oxidation sites excluding steroid dienone is 2. The van der Waals surface area contributed by atoms with Crippen LogP contribution in [0.3, 0.4) is 0 Å². The fourth-order valence-corrected chi connectivity index (χ4v) is 0.699. The second-order valence-electron chi connectivity index (χ2n) is 2.05. The minimum atomic E-state index is -0.796. The van der Waals surface area contributed by atoms with Crippen molar-refractivity contribution in [3.05, 3.63) is 23.6 Å². The normalized spacial score (nSPS) is 27.0. The van der Waals surface area contributed by atoms with Gasteiger partial charge in [0.25, 0.3) is 0 Å². The van der Waals surface area contributed by atoms with Crippen LogP contribution in [0.1, 0.15) is 6.42 Å². The number of aliphatic hydroxyl groups excluding tert-OH is 2. The Morgan fingerprint density at radius 1 is 1.56 bits per heavy atom. The largest absolute Gasteiger partial charge is 0.510 e. The molecular formula is C6H9NO2. The van der Waals surface area contributed by atoms with Crippen molar-refractivity contribution < 1.29 is 10.2 Å². The summed E-state index contributed by atoms with van der Waals surface area (Å²) >= 11 is 0. The van der Waals surface area contributed by atoms with E-state index in [4.69, 9.17) is 15.9 Å². The zero-order valence-corrected chi connectivity index (χ0v) is 4.91. The number of rotatable bonds is 0. The average molecular weight is 127 g/mol. The van der Waals surface area contributed by atoms with Gasteiger partial charge in [0.05, 0.1) is 0 Å². The molecule has 50 valence electrons. The molecular weight excluding hydrogens is 118 g/mol. The van der Waals surface area contributed by atoms with Crippen molar-refractivity contribution in [2.24, 2.45) is 5.73 Å². The van der Waals surface area contributed by atoms with Crippen molar-refractivity contribution >= 4 is 0 Å². The molecule has 0 saturated carbocycles. The molecule has 0 amide bonds. The molecule has 0 fully saturated rings. The lowest BCUT2D eigenvalue weighted by molar-refractivity contribution is 0.150. The molecule has 0 bridgehead atoms. The number of hydrogen-bond donors (Lipinski definition) is 3. The first-order chi connectivity index (χ1) is 4.20. The maximum atomic E-state index is 8.91. The van der Waals surface area contributed by atoms with Crippen LogP contribution in [0.5, 0.6) is 0 Å². The van der Waals surface area contributed by atoms with Gasteiger partial charge in [0.1, 0.15) is 11.9 Å². The summed E-state index contributed by atoms with van der Waals surface area (Å²) in [6, 6.07) is 0. The van der Waals surface area contributed by atoms with Gasteiger partial charge in [-0.05, 0) is 12.2 Å². The standard InChI is InChI=1S/C6H9NO2/c7-4-1-2-5(8)6(9)3-4/h1-2,6,8-9H,3,7H2. The Bertz CT molecular complexity index is 172. The van der Waals surface area contributed by atoms with Gasteiger partial charge in [-0.15, -0.1) is 0 Å². The molecule has 1 atom stereocenters. The van der Waals surface area contributed by atoms with Gasteiger partial charge in [-0.2, -0.15) is 0 Å². The summed E-state index contributed by atoms with van der Waals surface area (Å²) < 4.78 is 0. The van der Waals surface area contributed by atoms with E-state index in [1.807, 2.05) is 0 Å². The first-order valence-corrected chi connectivity index (χ1v) is 2.73. The van der Waals surface area contributed by atoms with Crippen molar-refractivity contribution in [1.82, 2.24) is 0 Å². The summed E-state index contributed by atoms with van der Waals surface area (Å²) in [4.78, 5) is 0. The highest BCUT2D eigenvalue weighted by atomic mass is 16.3. The Hall–Kier alpha value is -0.960. The van der Waals surface area contributed by atoms with Crippen molar-refractivity contribution in [3.8, 4) is 0 Å². The Morgan fingerprint density at radius 3 is 2.67 bits per heavy atom. The smallest absolute Gasteiger partial charge is 0.121 e. The van der Waals surface area contributed by atoms with E-state index in [9.17, 15) is 0 Å². The van der Waals surface area contributed by atoms with Gasteiger partial charge in [0, 0.05) is 12.1 Å². The number of aliphatic hydroxyl groups is 2. The van der Waals surface area contributed by atoms with Crippen LogP contribution < -0.4 is 5.73 Å². The number of hydrogen-bond acceptors (Lipinski definition) is 3. The Kier molecular flexibility index (Phi) is 1.44. The number of nitrogens with two attached hydrogens (primary N) is 1. The molecule has 0 aromatic heterocycles. The summed E-state index contributed by atoms with van der Waals surface area (Å²) in [5, 5.41) is 17.7. The van der Waals surface area contributed by atoms with Gasteiger partial charge >= 0.3 is 0 Å². The van der Waals surface area contributed by atoms with Crippen molar-refractivity contribution in [2.45, 2.75) is 12.5 Å². The molecule has 0 saturated heterocycles. The highest BCUT2D eigenvalue weighted by Gasteiger charge is 2.12. The molecule has 3 nitrogen and oxygen atoms in total. The summed E-state index contributed by atoms with van der Waals surface area (Å²) in [7, 11) is 0. The molecule has 0 spiro atoms. The van der Waals surface area contributed by atoms with Crippen LogP contribution >= 0.6 is 0 Å². The molecule has 0 aromatic rings. The van der Waals surface area contributed by atoms with E-state index in [0.29, 0.717) is 12.1 Å². The van der Waals surface area contributed by atoms with Crippen LogP contribution in [-0.4, -0.2) is 16.3 Å². The topological polar surface area (TPSA) is 66.5 Å². The van der Waals surface area contributed by atoms with Crippen molar-refractivity contribution in [2.75, 3.05) is 0 Å². The summed E-state index contributed by atoms with van der Waals surface area (Å²) in [6.07, 6.45) is 2.53. The average Bonchev–Trinajstić information content (AvgIpc) is 1.80. The van der Waals surface area contributed by atoms with Gasteiger partial charge in [0.2, 0.25) is 0 Å². The Balaban J connectivity index is 2.74. The molecule has 0 heterocycles. The van der Waals surface area contributed by atoms with Crippen LogP contribution in [0.2, 0.25) is 0 Å². The van der Waals surface area contributed by atoms with Crippen LogP contribution in [0.4, 0.5) is 0 Å². The summed E-state index contributed by atoms with van der Waals surface area (Å²) in [5.74, 6) is -0.01000. The van der Waals surface area contributed by atoms with Gasteiger partial charge in [-0.25, -0.2) is 0 Å². The van der Waals surface area contributed by atoms with E-state index in [1.54, 1.807) is 6.08 Å². The lowest BCUT2D eigenvalue weighted by atomic mass is 10.1. The van der Waals surface area contributed by atoms with Gasteiger partial charge < -0.3 is 15.9 Å². The van der Waals surface area contributed by atoms with Crippen LogP contribution in [0, 0.1) is 0 Å². The monoisotopic (exact) mass is 127 g/mol. The fraction of sp³-hybridized carbons (Fsp3) is 0.333. The molecule has 3 heteroatoms. The fourth-order valence-electron chi connectivity index (χ4n) is 0.699. The molecule has 0 radical (unpaired) electrons. The van der Waals surface area contributed by atoms with E-state index >= 15 is 0 Å². The van der Waals surface area contributed by atoms with E-state index < -0.39 is 6.10 Å². The first-order valence-electron chi connectivity index (χ1n) is 2.73. The molecule has 9 heavy (non-hydrogen) atoms. The second-order valence-corrected chi connectivity index (χ2v) is 2.05. The van der Waals surface area contributed by atoms with Crippen LogP contribution in [0.15, 0.2) is 23.6 Å². The molecule has 4 N–H and O–H groups in total. The van der Waals surface area contributed by atoms with Gasteiger partial charge in [0.15, 0.2) is 0 Å². The molecule has 1 aliphatic rings. The maximum Gasteiger partial charge on any atom is 0.121 e. The van der Waals surface area contributed by atoms with Crippen molar-refractivity contribution in [3.63, 3.8) is 0 Å². The second kappa shape index (κ2) is 2.11. The third kappa shape index (κ3) is 1.23. The summed E-state index contributed by atoms with van der Waals surface area (Å²) in [6.45, 7) is 0. The van der Waals surface area contributed by atoms with Crippen LogP contribution in [-0.2, 0) is 0 Å². The molecule has 0 aromatic carbocycles. The Morgan fingerprint density at radius 2 is 2.22 bits per heavy atom. The van der Waals surface area contributed by atoms with E-state index in [1.165, 1.54) is 6.08 Å². The third-order valence-electron chi connectivity index (χ3n) is 1.24. The van der Waals surface area contributed by atoms with Gasteiger partial charge in [-0.1, -0.05) is 0 Å². The first kappa shape index (κ1) is 6.16. The van der Waals surface area contributed by atoms with Crippen LogP contribution in [0.25, 0.3) is 0 Å². The Labute approximate surface area is 53.1 Å². The van der Waals surface area contributed by atoms with E-state index in [2.05, 4.69) is 0 Å². The van der Waals surface area contributed by atoms with E-state index in [-0.39, 0.29) is 5.76 Å².